The normalized spacial score (nSPS) is 12.1. The molecular formula is C11H16N2O2S. The average Bonchev–Trinajstić information content (AvgIpc) is 2.35. The Kier molecular flexibility index (Phi) is 5.88. The highest BCUT2D eigenvalue weighted by Crippen LogP contribution is 2.27. The van der Waals surface area contributed by atoms with Crippen molar-refractivity contribution < 1.29 is 9.53 Å². The Balaban J connectivity index is 2.41. The maximum absolute atomic E-state index is 10.9. The van der Waals surface area contributed by atoms with E-state index in [2.05, 4.69) is 9.72 Å². The SMILES string of the molecule is COC(=O)CCSC(CN)c1ccncc1. The fourth-order valence-electron chi connectivity index (χ4n) is 1.27. The molecule has 0 bridgehead atoms. The van der Waals surface area contributed by atoms with E-state index in [9.17, 15) is 4.79 Å². The lowest BCUT2D eigenvalue weighted by Crippen LogP contribution is -2.11. The van der Waals surface area contributed by atoms with Crippen molar-refractivity contribution in [2.24, 2.45) is 5.73 Å². The van der Waals surface area contributed by atoms with E-state index < -0.39 is 0 Å². The molecule has 1 aromatic rings. The lowest BCUT2D eigenvalue weighted by atomic mass is 10.2. The zero-order valence-electron chi connectivity index (χ0n) is 9.26. The van der Waals surface area contributed by atoms with Gasteiger partial charge >= 0.3 is 5.97 Å². The first-order valence-electron chi connectivity index (χ1n) is 5.06. The van der Waals surface area contributed by atoms with Crippen molar-refractivity contribution >= 4 is 17.7 Å². The molecule has 2 N–H and O–H groups in total. The number of hydrogen-bond acceptors (Lipinski definition) is 5. The third-order valence-electron chi connectivity index (χ3n) is 2.14. The van der Waals surface area contributed by atoms with Crippen LogP contribution < -0.4 is 5.73 Å². The second-order valence-electron chi connectivity index (χ2n) is 3.20. The number of nitrogens with zero attached hydrogens (tertiary/aromatic N) is 1. The number of esters is 1. The van der Waals surface area contributed by atoms with Crippen LogP contribution in [0.15, 0.2) is 24.5 Å². The Morgan fingerprint density at radius 3 is 2.81 bits per heavy atom. The highest BCUT2D eigenvalue weighted by atomic mass is 32.2. The van der Waals surface area contributed by atoms with E-state index in [1.807, 2.05) is 12.1 Å². The van der Waals surface area contributed by atoms with Gasteiger partial charge in [-0.05, 0) is 17.7 Å². The summed E-state index contributed by atoms with van der Waals surface area (Å²) in [7, 11) is 1.40. The van der Waals surface area contributed by atoms with Crippen LogP contribution in [0.25, 0.3) is 0 Å². The maximum atomic E-state index is 10.9. The van der Waals surface area contributed by atoms with Crippen LogP contribution >= 0.6 is 11.8 Å². The van der Waals surface area contributed by atoms with Crippen molar-refractivity contribution in [1.29, 1.82) is 0 Å². The Morgan fingerprint density at radius 2 is 2.25 bits per heavy atom. The van der Waals surface area contributed by atoms with Gasteiger partial charge in [-0.15, -0.1) is 0 Å². The van der Waals surface area contributed by atoms with Crippen molar-refractivity contribution in [2.75, 3.05) is 19.4 Å². The standard InChI is InChI=1S/C11H16N2O2S/c1-15-11(14)4-7-16-10(8-12)9-2-5-13-6-3-9/h2-3,5-6,10H,4,7-8,12H2,1H3. The van der Waals surface area contributed by atoms with E-state index >= 15 is 0 Å². The largest absolute Gasteiger partial charge is 0.469 e. The van der Waals surface area contributed by atoms with Crippen LogP contribution in [0.2, 0.25) is 0 Å². The molecule has 1 atom stereocenters. The molecule has 4 nitrogen and oxygen atoms in total. The molecule has 1 heterocycles. The second-order valence-corrected chi connectivity index (χ2v) is 4.51. The number of carbonyl (C=O) groups excluding carboxylic acids is 1. The number of nitrogens with two attached hydrogens (primary N) is 1. The number of rotatable bonds is 6. The molecule has 0 radical (unpaired) electrons. The number of aromatic nitrogens is 1. The number of pyridine rings is 1. The van der Waals surface area contributed by atoms with Gasteiger partial charge in [0.25, 0.3) is 0 Å². The van der Waals surface area contributed by atoms with Crippen molar-refractivity contribution in [1.82, 2.24) is 4.98 Å². The third kappa shape index (κ3) is 4.20. The molecule has 88 valence electrons. The number of carbonyl (C=O) groups is 1. The van der Waals surface area contributed by atoms with E-state index in [1.54, 1.807) is 24.2 Å². The topological polar surface area (TPSA) is 65.2 Å². The Bertz CT molecular complexity index is 319. The van der Waals surface area contributed by atoms with Gasteiger partial charge in [0.1, 0.15) is 0 Å². The molecule has 0 aliphatic heterocycles. The molecule has 0 saturated carbocycles. The lowest BCUT2D eigenvalue weighted by Gasteiger charge is -2.13. The number of thioether (sulfide) groups is 1. The first-order valence-corrected chi connectivity index (χ1v) is 6.11. The Hall–Kier alpha value is -1.07. The van der Waals surface area contributed by atoms with Crippen molar-refractivity contribution in [3.05, 3.63) is 30.1 Å². The minimum Gasteiger partial charge on any atom is -0.469 e. The van der Waals surface area contributed by atoms with Crippen LogP contribution in [0.1, 0.15) is 17.2 Å². The quantitative estimate of drug-likeness (QED) is 0.761. The fourth-order valence-corrected chi connectivity index (χ4v) is 2.32. The summed E-state index contributed by atoms with van der Waals surface area (Å²) in [5.41, 5.74) is 6.84. The van der Waals surface area contributed by atoms with Gasteiger partial charge in [-0.2, -0.15) is 11.8 Å². The van der Waals surface area contributed by atoms with Crippen molar-refractivity contribution in [3.63, 3.8) is 0 Å². The predicted octanol–water partition coefficient (Wildman–Crippen LogP) is 1.38. The average molecular weight is 240 g/mol. The molecule has 1 rings (SSSR count). The first kappa shape index (κ1) is 13.0. The summed E-state index contributed by atoms with van der Waals surface area (Å²) in [5, 5.41) is 0.215. The summed E-state index contributed by atoms with van der Waals surface area (Å²) in [6, 6.07) is 3.89. The van der Waals surface area contributed by atoms with Crippen LogP contribution in [-0.4, -0.2) is 30.4 Å². The Labute approximate surface area is 99.6 Å². The number of ether oxygens (including phenoxy) is 1. The summed E-state index contributed by atoms with van der Waals surface area (Å²) in [5.74, 6) is 0.537. The molecule has 0 aliphatic rings. The molecule has 0 saturated heterocycles. The van der Waals surface area contributed by atoms with Crippen LogP contribution in [-0.2, 0) is 9.53 Å². The summed E-state index contributed by atoms with van der Waals surface area (Å²) in [6.45, 7) is 0.551. The zero-order chi connectivity index (χ0) is 11.8. The molecule has 5 heteroatoms. The number of hydrogen-bond donors (Lipinski definition) is 1. The molecule has 1 aromatic heterocycles. The van der Waals surface area contributed by atoms with Crippen LogP contribution in [0, 0.1) is 0 Å². The molecule has 0 spiro atoms. The lowest BCUT2D eigenvalue weighted by molar-refractivity contribution is -0.140. The van der Waals surface area contributed by atoms with Gasteiger partial charge in [0.2, 0.25) is 0 Å². The minimum atomic E-state index is -0.182. The summed E-state index contributed by atoms with van der Waals surface area (Å²) < 4.78 is 4.58. The summed E-state index contributed by atoms with van der Waals surface area (Å²) >= 11 is 1.66. The van der Waals surface area contributed by atoms with Crippen LogP contribution in [0.5, 0.6) is 0 Å². The van der Waals surface area contributed by atoms with Gasteiger partial charge in [0, 0.05) is 29.9 Å². The maximum Gasteiger partial charge on any atom is 0.306 e. The van der Waals surface area contributed by atoms with Crippen molar-refractivity contribution in [3.8, 4) is 0 Å². The molecule has 16 heavy (non-hydrogen) atoms. The Morgan fingerprint density at radius 1 is 1.56 bits per heavy atom. The third-order valence-corrected chi connectivity index (χ3v) is 3.45. The summed E-state index contributed by atoms with van der Waals surface area (Å²) in [6.07, 6.45) is 3.92. The summed E-state index contributed by atoms with van der Waals surface area (Å²) in [4.78, 5) is 14.9. The van der Waals surface area contributed by atoms with Gasteiger partial charge < -0.3 is 10.5 Å². The molecule has 0 aromatic carbocycles. The van der Waals surface area contributed by atoms with Gasteiger partial charge in [-0.1, -0.05) is 0 Å². The van der Waals surface area contributed by atoms with E-state index in [4.69, 9.17) is 5.73 Å². The van der Waals surface area contributed by atoms with E-state index in [-0.39, 0.29) is 11.2 Å². The van der Waals surface area contributed by atoms with Gasteiger partial charge in [0.15, 0.2) is 0 Å². The van der Waals surface area contributed by atoms with Gasteiger partial charge in [-0.25, -0.2) is 0 Å². The van der Waals surface area contributed by atoms with E-state index in [0.29, 0.717) is 13.0 Å². The zero-order valence-corrected chi connectivity index (χ0v) is 10.1. The highest BCUT2D eigenvalue weighted by Gasteiger charge is 2.10. The first-order chi connectivity index (χ1) is 7.77. The predicted molar refractivity (Wildman–Crippen MR) is 65.1 cm³/mol. The van der Waals surface area contributed by atoms with Crippen LogP contribution in [0.4, 0.5) is 0 Å². The highest BCUT2D eigenvalue weighted by molar-refractivity contribution is 7.99. The molecule has 1 unspecified atom stereocenters. The monoisotopic (exact) mass is 240 g/mol. The van der Waals surface area contributed by atoms with Gasteiger partial charge in [-0.3, -0.25) is 9.78 Å². The number of methoxy groups -OCH3 is 1. The second kappa shape index (κ2) is 7.24. The van der Waals surface area contributed by atoms with E-state index in [0.717, 1.165) is 11.3 Å². The van der Waals surface area contributed by atoms with E-state index in [1.165, 1.54) is 7.11 Å². The molecule has 0 fully saturated rings. The van der Waals surface area contributed by atoms with Crippen LogP contribution in [0.3, 0.4) is 0 Å². The molecular weight excluding hydrogens is 224 g/mol. The van der Waals surface area contributed by atoms with Crippen molar-refractivity contribution in [2.45, 2.75) is 11.7 Å². The van der Waals surface area contributed by atoms with Gasteiger partial charge in [0.05, 0.1) is 13.5 Å². The fraction of sp³-hybridized carbons (Fsp3) is 0.455. The minimum absolute atomic E-state index is 0.182. The smallest absolute Gasteiger partial charge is 0.306 e. The molecule has 0 amide bonds. The molecule has 0 aliphatic carbocycles.